The molecule has 1 heterocycles. The van der Waals surface area contributed by atoms with E-state index in [-0.39, 0.29) is 11.4 Å². The first-order chi connectivity index (χ1) is 10.5. The lowest BCUT2D eigenvalue weighted by atomic mass is 10.1. The van der Waals surface area contributed by atoms with Gasteiger partial charge < -0.3 is 14.4 Å². The Hall–Kier alpha value is -1.26. The molecule has 1 aliphatic rings. The van der Waals surface area contributed by atoms with Crippen LogP contribution in [0.1, 0.15) is 5.56 Å². The molecule has 0 aliphatic carbocycles. The van der Waals surface area contributed by atoms with Crippen LogP contribution in [0.15, 0.2) is 18.2 Å². The zero-order valence-electron chi connectivity index (χ0n) is 12.0. The van der Waals surface area contributed by atoms with Crippen molar-refractivity contribution in [2.45, 2.75) is 0 Å². The number of nitro groups is 1. The number of ether oxygens (including phenoxy) is 2. The molecule has 8 heteroatoms. The molecule has 0 radical (unpaired) electrons. The fourth-order valence-electron chi connectivity index (χ4n) is 2.09. The number of hydrogen-bond donors (Lipinski definition) is 0. The summed E-state index contributed by atoms with van der Waals surface area (Å²) in [6.07, 6.45) is 3.58. The first-order valence-electron chi connectivity index (χ1n) is 6.59. The van der Waals surface area contributed by atoms with Crippen LogP contribution in [0.3, 0.4) is 0 Å². The van der Waals surface area contributed by atoms with Crippen LogP contribution in [0.5, 0.6) is 5.75 Å². The van der Waals surface area contributed by atoms with E-state index in [1.807, 2.05) is 28.7 Å². The van der Waals surface area contributed by atoms with Gasteiger partial charge in [0.15, 0.2) is 0 Å². The lowest BCUT2D eigenvalue weighted by Crippen LogP contribution is -2.38. The number of methoxy groups -OCH3 is 1. The van der Waals surface area contributed by atoms with Gasteiger partial charge in [0.25, 0.3) is 0 Å². The van der Waals surface area contributed by atoms with E-state index in [4.69, 9.17) is 21.7 Å². The topological polar surface area (TPSA) is 64.8 Å². The van der Waals surface area contributed by atoms with Crippen molar-refractivity contribution >= 4 is 51.6 Å². The van der Waals surface area contributed by atoms with Crippen molar-refractivity contribution in [2.75, 3.05) is 33.4 Å². The maximum absolute atomic E-state index is 11.1. The van der Waals surface area contributed by atoms with Gasteiger partial charge in [-0.05, 0) is 40.3 Å². The number of morpholine rings is 1. The summed E-state index contributed by atoms with van der Waals surface area (Å²) in [5, 5.41) is 11.1. The second-order valence-corrected chi connectivity index (χ2v) is 6.16. The molecule has 0 saturated carbocycles. The van der Waals surface area contributed by atoms with Crippen LogP contribution in [0.25, 0.3) is 6.08 Å². The summed E-state index contributed by atoms with van der Waals surface area (Å²) in [5.74, 6) is 0.276. The van der Waals surface area contributed by atoms with Gasteiger partial charge in [-0.1, -0.05) is 18.3 Å². The number of nitro benzene ring substituents is 1. The highest BCUT2D eigenvalue weighted by molar-refractivity contribution is 14.1. The fraction of sp³-hybridized carbons (Fsp3) is 0.357. The highest BCUT2D eigenvalue weighted by Gasteiger charge is 2.19. The molecule has 118 valence electrons. The number of hydrogen-bond acceptors (Lipinski definition) is 5. The highest BCUT2D eigenvalue weighted by atomic mass is 127. The predicted octanol–water partition coefficient (Wildman–Crippen LogP) is 2.88. The molecule has 1 aromatic carbocycles. The Kier molecular flexibility index (Phi) is 6.09. The molecule has 0 aromatic heterocycles. The molecular formula is C14H15IN2O4S. The second kappa shape index (κ2) is 7.84. The standard InChI is InChI=1S/C14H15IN2O4S/c1-20-14-11(15)8-10(9-12(14)17(18)19)2-3-13(22)16-4-6-21-7-5-16/h2-3,8-9H,4-7H2,1H3/b3-2+. The fourth-order valence-corrected chi connectivity index (χ4v) is 3.20. The van der Waals surface area contributed by atoms with Gasteiger partial charge in [-0.2, -0.15) is 0 Å². The smallest absolute Gasteiger partial charge is 0.312 e. The molecule has 0 bridgehead atoms. The Bertz CT molecular complexity index is 615. The number of rotatable bonds is 4. The number of nitrogens with zero attached hydrogens (tertiary/aromatic N) is 2. The van der Waals surface area contributed by atoms with Crippen LogP contribution < -0.4 is 4.74 Å². The Labute approximate surface area is 147 Å². The molecule has 1 aliphatic heterocycles. The average Bonchev–Trinajstić information content (AvgIpc) is 2.52. The van der Waals surface area contributed by atoms with Gasteiger partial charge in [0, 0.05) is 19.2 Å². The third-order valence-electron chi connectivity index (χ3n) is 3.19. The minimum Gasteiger partial charge on any atom is -0.489 e. The second-order valence-electron chi connectivity index (χ2n) is 4.58. The molecule has 0 unspecified atom stereocenters. The maximum atomic E-state index is 11.1. The third-order valence-corrected chi connectivity index (χ3v) is 4.38. The van der Waals surface area contributed by atoms with Gasteiger partial charge in [0.2, 0.25) is 5.75 Å². The number of thiocarbonyl (C=S) groups is 1. The van der Waals surface area contributed by atoms with E-state index in [9.17, 15) is 10.1 Å². The van der Waals surface area contributed by atoms with Gasteiger partial charge in [0.1, 0.15) is 4.99 Å². The Morgan fingerprint density at radius 2 is 2.18 bits per heavy atom. The lowest BCUT2D eigenvalue weighted by molar-refractivity contribution is -0.385. The first-order valence-corrected chi connectivity index (χ1v) is 8.08. The molecule has 1 fully saturated rings. The van der Waals surface area contributed by atoms with E-state index in [1.165, 1.54) is 13.2 Å². The van der Waals surface area contributed by atoms with E-state index in [1.54, 1.807) is 12.2 Å². The minimum absolute atomic E-state index is 0.0497. The Morgan fingerprint density at radius 1 is 1.50 bits per heavy atom. The largest absolute Gasteiger partial charge is 0.489 e. The van der Waals surface area contributed by atoms with E-state index >= 15 is 0 Å². The van der Waals surface area contributed by atoms with Crippen molar-refractivity contribution in [2.24, 2.45) is 0 Å². The number of benzene rings is 1. The van der Waals surface area contributed by atoms with Gasteiger partial charge in [-0.25, -0.2) is 0 Å². The normalized spacial score (nSPS) is 15.1. The van der Waals surface area contributed by atoms with E-state index in [0.29, 0.717) is 27.3 Å². The van der Waals surface area contributed by atoms with E-state index < -0.39 is 4.92 Å². The molecule has 6 nitrogen and oxygen atoms in total. The summed E-state index contributed by atoms with van der Waals surface area (Å²) < 4.78 is 11.1. The summed E-state index contributed by atoms with van der Waals surface area (Å²) in [5.41, 5.74) is 0.666. The van der Waals surface area contributed by atoms with Gasteiger partial charge in [0.05, 0.1) is 28.8 Å². The average molecular weight is 434 g/mol. The zero-order chi connectivity index (χ0) is 16.1. The van der Waals surface area contributed by atoms with Crippen molar-refractivity contribution in [1.82, 2.24) is 4.90 Å². The van der Waals surface area contributed by atoms with Crippen LogP contribution in [-0.2, 0) is 4.74 Å². The van der Waals surface area contributed by atoms with Crippen molar-refractivity contribution in [3.8, 4) is 5.75 Å². The van der Waals surface area contributed by atoms with E-state index in [2.05, 4.69) is 4.90 Å². The third kappa shape index (κ3) is 4.14. The molecule has 0 spiro atoms. The van der Waals surface area contributed by atoms with Crippen LogP contribution in [0.2, 0.25) is 0 Å². The summed E-state index contributed by atoms with van der Waals surface area (Å²) in [6, 6.07) is 3.31. The van der Waals surface area contributed by atoms with Gasteiger partial charge in [-0.15, -0.1) is 0 Å². The van der Waals surface area contributed by atoms with E-state index in [0.717, 1.165) is 13.1 Å². The number of halogens is 1. The van der Waals surface area contributed by atoms with Gasteiger partial charge in [-0.3, -0.25) is 10.1 Å². The Morgan fingerprint density at radius 3 is 2.77 bits per heavy atom. The van der Waals surface area contributed by atoms with Crippen molar-refractivity contribution in [3.63, 3.8) is 0 Å². The summed E-state index contributed by atoms with van der Waals surface area (Å²) in [6.45, 7) is 2.87. The highest BCUT2D eigenvalue weighted by Crippen LogP contribution is 2.33. The van der Waals surface area contributed by atoms with Crippen LogP contribution in [0.4, 0.5) is 5.69 Å². The van der Waals surface area contributed by atoms with Crippen LogP contribution >= 0.6 is 34.8 Å². The van der Waals surface area contributed by atoms with Crippen molar-refractivity contribution in [3.05, 3.63) is 37.5 Å². The van der Waals surface area contributed by atoms with Gasteiger partial charge >= 0.3 is 5.69 Å². The molecular weight excluding hydrogens is 419 g/mol. The maximum Gasteiger partial charge on any atom is 0.312 e. The van der Waals surface area contributed by atoms with Crippen LogP contribution in [-0.4, -0.2) is 48.2 Å². The quantitative estimate of drug-likeness (QED) is 0.239. The van der Waals surface area contributed by atoms with Crippen LogP contribution in [0, 0.1) is 13.7 Å². The first kappa shape index (κ1) is 17.1. The summed E-state index contributed by atoms with van der Waals surface area (Å²) >= 11 is 7.38. The zero-order valence-corrected chi connectivity index (χ0v) is 14.9. The molecule has 22 heavy (non-hydrogen) atoms. The summed E-state index contributed by atoms with van der Waals surface area (Å²) in [4.78, 5) is 13.4. The minimum atomic E-state index is -0.446. The SMILES string of the molecule is COc1c(I)cc(/C=C/C(=S)N2CCOCC2)cc1[N+](=O)[O-]. The molecule has 1 saturated heterocycles. The molecule has 1 aromatic rings. The predicted molar refractivity (Wildman–Crippen MR) is 96.4 cm³/mol. The molecule has 2 rings (SSSR count). The molecule has 0 atom stereocenters. The van der Waals surface area contributed by atoms with Crippen molar-refractivity contribution < 1.29 is 14.4 Å². The monoisotopic (exact) mass is 434 g/mol. The molecule has 0 amide bonds. The lowest BCUT2D eigenvalue weighted by Gasteiger charge is -2.27. The Balaban J connectivity index is 2.20. The molecule has 0 N–H and O–H groups in total. The summed E-state index contributed by atoms with van der Waals surface area (Å²) in [7, 11) is 1.42. The van der Waals surface area contributed by atoms with Crippen molar-refractivity contribution in [1.29, 1.82) is 0 Å².